The minimum absolute atomic E-state index is 0.331. The van der Waals surface area contributed by atoms with Gasteiger partial charge < -0.3 is 9.47 Å². The maximum atomic E-state index is 12.5. The number of esters is 1. The Hall–Kier alpha value is -2.29. The molecule has 0 radical (unpaired) electrons. The molecule has 0 aromatic heterocycles. The van der Waals surface area contributed by atoms with Gasteiger partial charge >= 0.3 is 5.97 Å². The zero-order valence-corrected chi connectivity index (χ0v) is 20.0. The lowest BCUT2D eigenvalue weighted by Crippen LogP contribution is -2.13. The predicted molar refractivity (Wildman–Crippen MR) is 132 cm³/mol. The Morgan fingerprint density at radius 2 is 1.41 bits per heavy atom. The summed E-state index contributed by atoms with van der Waals surface area (Å²) in [7, 11) is 0. The highest BCUT2D eigenvalue weighted by Gasteiger charge is 2.22. The van der Waals surface area contributed by atoms with Crippen molar-refractivity contribution in [2.75, 3.05) is 6.61 Å². The van der Waals surface area contributed by atoms with Crippen LogP contribution < -0.4 is 9.47 Å². The Balaban J connectivity index is 1.44. The zero-order valence-electron chi connectivity index (χ0n) is 20.0. The van der Waals surface area contributed by atoms with E-state index in [0.29, 0.717) is 23.8 Å². The van der Waals surface area contributed by atoms with Crippen LogP contribution in [0, 0.1) is 5.92 Å². The highest BCUT2D eigenvalue weighted by Crippen LogP contribution is 2.38. The molecule has 0 amide bonds. The van der Waals surface area contributed by atoms with Crippen LogP contribution >= 0.6 is 0 Å². The van der Waals surface area contributed by atoms with Crippen LogP contribution in [0.4, 0.5) is 0 Å². The van der Waals surface area contributed by atoms with Crippen molar-refractivity contribution in [1.82, 2.24) is 0 Å². The first-order valence-electron chi connectivity index (χ1n) is 12.7. The minimum Gasteiger partial charge on any atom is -0.494 e. The summed E-state index contributed by atoms with van der Waals surface area (Å²) < 4.78 is 11.3. The van der Waals surface area contributed by atoms with E-state index in [2.05, 4.69) is 26.0 Å². The topological polar surface area (TPSA) is 35.5 Å². The summed E-state index contributed by atoms with van der Waals surface area (Å²) >= 11 is 0. The molecule has 1 aliphatic carbocycles. The first kappa shape index (κ1) is 24.4. The quantitative estimate of drug-likeness (QED) is 0.190. The molecule has 174 valence electrons. The van der Waals surface area contributed by atoms with E-state index in [0.717, 1.165) is 18.1 Å². The Morgan fingerprint density at radius 1 is 0.781 bits per heavy atom. The second-order valence-electron chi connectivity index (χ2n) is 9.25. The van der Waals surface area contributed by atoms with E-state index in [1.54, 1.807) is 12.1 Å². The molecular formula is C29H40O3. The number of ether oxygens (including phenoxy) is 2. The van der Waals surface area contributed by atoms with Gasteiger partial charge in [-0.3, -0.25) is 0 Å². The smallest absolute Gasteiger partial charge is 0.343 e. The molecule has 0 spiro atoms. The van der Waals surface area contributed by atoms with Crippen LogP contribution in [0.1, 0.15) is 106 Å². The molecule has 3 rings (SSSR count). The molecular weight excluding hydrogens is 396 g/mol. The van der Waals surface area contributed by atoms with Crippen LogP contribution in [0.15, 0.2) is 48.5 Å². The Bertz CT molecular complexity index is 786. The van der Waals surface area contributed by atoms with Crippen LogP contribution in [0.3, 0.4) is 0 Å². The average molecular weight is 437 g/mol. The van der Waals surface area contributed by atoms with Gasteiger partial charge in [0.15, 0.2) is 0 Å². The molecule has 0 N–H and O–H groups in total. The van der Waals surface area contributed by atoms with Crippen molar-refractivity contribution in [2.24, 2.45) is 5.92 Å². The molecule has 0 heterocycles. The highest BCUT2D eigenvalue weighted by molar-refractivity contribution is 5.91. The van der Waals surface area contributed by atoms with E-state index < -0.39 is 0 Å². The maximum Gasteiger partial charge on any atom is 0.343 e. The van der Waals surface area contributed by atoms with E-state index in [1.807, 2.05) is 24.3 Å². The van der Waals surface area contributed by atoms with E-state index >= 15 is 0 Å². The summed E-state index contributed by atoms with van der Waals surface area (Å²) in [5, 5.41) is 0. The van der Waals surface area contributed by atoms with Gasteiger partial charge in [0.2, 0.25) is 0 Å². The second-order valence-corrected chi connectivity index (χ2v) is 9.25. The van der Waals surface area contributed by atoms with Crippen LogP contribution in [0.25, 0.3) is 0 Å². The third kappa shape index (κ3) is 7.69. The minimum atomic E-state index is -0.331. The molecule has 1 fully saturated rings. The number of carbonyl (C=O) groups excluding carboxylic acids is 1. The fourth-order valence-corrected chi connectivity index (χ4v) is 4.67. The summed E-state index contributed by atoms with van der Waals surface area (Å²) in [4.78, 5) is 12.5. The fourth-order valence-electron chi connectivity index (χ4n) is 4.67. The maximum absolute atomic E-state index is 12.5. The van der Waals surface area contributed by atoms with Crippen LogP contribution in [-0.2, 0) is 0 Å². The Kier molecular flexibility index (Phi) is 10.1. The van der Waals surface area contributed by atoms with E-state index in [9.17, 15) is 4.79 Å². The third-order valence-electron chi connectivity index (χ3n) is 6.73. The van der Waals surface area contributed by atoms with Crippen molar-refractivity contribution in [3.63, 3.8) is 0 Å². The fraction of sp³-hybridized carbons (Fsp3) is 0.552. The molecule has 0 unspecified atom stereocenters. The summed E-state index contributed by atoms with van der Waals surface area (Å²) in [6, 6.07) is 15.4. The molecule has 3 nitrogen and oxygen atoms in total. The van der Waals surface area contributed by atoms with Crippen LogP contribution in [0.2, 0.25) is 0 Å². The largest absolute Gasteiger partial charge is 0.494 e. The average Bonchev–Trinajstić information content (AvgIpc) is 2.83. The van der Waals surface area contributed by atoms with Crippen molar-refractivity contribution < 1.29 is 14.3 Å². The van der Waals surface area contributed by atoms with Crippen LogP contribution in [-0.4, -0.2) is 12.6 Å². The van der Waals surface area contributed by atoms with Crippen molar-refractivity contribution >= 4 is 5.97 Å². The number of rotatable bonds is 12. The lowest BCUT2D eigenvalue weighted by molar-refractivity contribution is 0.0734. The molecule has 1 saturated carbocycles. The molecule has 1 aliphatic rings. The molecule has 2 aromatic carbocycles. The van der Waals surface area contributed by atoms with E-state index in [1.165, 1.54) is 69.8 Å². The molecule has 0 saturated heterocycles. The van der Waals surface area contributed by atoms with Crippen molar-refractivity contribution in [3.8, 4) is 11.5 Å². The van der Waals surface area contributed by atoms with Gasteiger partial charge in [-0.15, -0.1) is 0 Å². The molecule has 3 heteroatoms. The van der Waals surface area contributed by atoms with Gasteiger partial charge in [0.1, 0.15) is 11.5 Å². The summed E-state index contributed by atoms with van der Waals surface area (Å²) in [6.45, 7) is 5.16. The normalized spacial score (nSPS) is 18.3. The number of unbranched alkanes of at least 4 members (excludes halogenated alkanes) is 4. The van der Waals surface area contributed by atoms with Crippen LogP contribution in [0.5, 0.6) is 11.5 Å². The van der Waals surface area contributed by atoms with Crippen molar-refractivity contribution in [2.45, 2.75) is 90.4 Å². The SMILES string of the molecule is CCCCCOc1ccc(C(=O)Oc2ccc(C3CCC(CCCCC)CC3)cc2)cc1. The second kappa shape index (κ2) is 13.3. The van der Waals surface area contributed by atoms with Gasteiger partial charge in [-0.05, 0) is 85.9 Å². The summed E-state index contributed by atoms with van der Waals surface area (Å²) in [5.74, 6) is 2.63. The van der Waals surface area contributed by atoms with Gasteiger partial charge in [-0.1, -0.05) is 64.5 Å². The molecule has 32 heavy (non-hydrogen) atoms. The summed E-state index contributed by atoms with van der Waals surface area (Å²) in [6.07, 6.45) is 14.1. The number of hydrogen-bond acceptors (Lipinski definition) is 3. The Morgan fingerprint density at radius 3 is 2.06 bits per heavy atom. The molecule has 2 aromatic rings. The number of hydrogen-bond donors (Lipinski definition) is 0. The van der Waals surface area contributed by atoms with Gasteiger partial charge in [-0.2, -0.15) is 0 Å². The van der Waals surface area contributed by atoms with Crippen molar-refractivity contribution in [1.29, 1.82) is 0 Å². The van der Waals surface area contributed by atoms with E-state index in [4.69, 9.17) is 9.47 Å². The van der Waals surface area contributed by atoms with Crippen molar-refractivity contribution in [3.05, 3.63) is 59.7 Å². The highest BCUT2D eigenvalue weighted by atomic mass is 16.5. The Labute approximate surface area is 194 Å². The lowest BCUT2D eigenvalue weighted by Gasteiger charge is -2.29. The monoisotopic (exact) mass is 436 g/mol. The zero-order chi connectivity index (χ0) is 22.6. The molecule has 0 aliphatic heterocycles. The lowest BCUT2D eigenvalue weighted by atomic mass is 9.77. The summed E-state index contributed by atoms with van der Waals surface area (Å²) in [5.41, 5.74) is 1.91. The first-order valence-corrected chi connectivity index (χ1v) is 12.7. The standard InChI is InChI=1S/C29H40O3/c1-3-5-7-9-23-10-12-24(13-11-23)25-14-20-28(21-15-25)32-29(30)26-16-18-27(19-17-26)31-22-8-6-4-2/h14-21,23-24H,3-13,22H2,1-2H3. The first-order chi connectivity index (χ1) is 15.7. The third-order valence-corrected chi connectivity index (χ3v) is 6.73. The molecule has 0 bridgehead atoms. The van der Waals surface area contributed by atoms with Gasteiger partial charge in [0.25, 0.3) is 0 Å². The van der Waals surface area contributed by atoms with Gasteiger partial charge in [0.05, 0.1) is 12.2 Å². The number of carbonyl (C=O) groups is 1. The van der Waals surface area contributed by atoms with Gasteiger partial charge in [0, 0.05) is 0 Å². The molecule has 0 atom stereocenters. The van der Waals surface area contributed by atoms with Gasteiger partial charge in [-0.25, -0.2) is 4.79 Å². The number of benzene rings is 2. The predicted octanol–water partition coefficient (Wildman–Crippen LogP) is 8.33. The van der Waals surface area contributed by atoms with E-state index in [-0.39, 0.29) is 5.97 Å².